The lowest BCUT2D eigenvalue weighted by Crippen LogP contribution is -2.35. The summed E-state index contributed by atoms with van der Waals surface area (Å²) in [5.41, 5.74) is 1.02. The third-order valence-electron chi connectivity index (χ3n) is 2.67. The molecule has 3 rings (SSSR count). The van der Waals surface area contributed by atoms with Crippen LogP contribution in [0.1, 0.15) is 0 Å². The van der Waals surface area contributed by atoms with E-state index in [2.05, 4.69) is 0 Å². The van der Waals surface area contributed by atoms with E-state index in [1.54, 1.807) is 18.4 Å². The number of hydrogen-bond donors (Lipinski definition) is 1. The number of hydrogen-bond acceptors (Lipinski definition) is 2. The van der Waals surface area contributed by atoms with Gasteiger partial charge in [0.2, 0.25) is 0 Å². The van der Waals surface area contributed by atoms with E-state index in [9.17, 15) is 5.11 Å². The molecule has 1 unspecified atom stereocenters. The highest BCUT2D eigenvalue weighted by atomic mass is 16.5. The first kappa shape index (κ1) is 8.36. The molecule has 1 aromatic carbocycles. The van der Waals surface area contributed by atoms with E-state index in [0.717, 1.165) is 16.0 Å². The molecule has 2 heteroatoms. The Morgan fingerprint density at radius 2 is 2.07 bits per heavy atom. The van der Waals surface area contributed by atoms with Gasteiger partial charge < -0.3 is 9.84 Å². The summed E-state index contributed by atoms with van der Waals surface area (Å²) < 4.78 is 5.55. The van der Waals surface area contributed by atoms with Gasteiger partial charge in [-0.1, -0.05) is 24.3 Å². The van der Waals surface area contributed by atoms with Gasteiger partial charge in [-0.2, -0.15) is 0 Å². The number of aliphatic hydroxyl groups excluding tert-OH is 1. The number of allylic oxidation sites excluding steroid dienone is 1. The van der Waals surface area contributed by atoms with Crippen molar-refractivity contribution < 1.29 is 9.84 Å². The van der Waals surface area contributed by atoms with Gasteiger partial charge >= 0.3 is 0 Å². The molecule has 1 N–H and O–H groups in total. The Morgan fingerprint density at radius 3 is 3.00 bits per heavy atom. The first-order chi connectivity index (χ1) is 7.34. The predicted molar refractivity (Wildman–Crippen MR) is 58.3 cm³/mol. The molecule has 0 bridgehead atoms. The number of aliphatic hydroxyl groups is 1. The zero-order valence-electron chi connectivity index (χ0n) is 8.05. The maximum Gasteiger partial charge on any atom is 0.142 e. The highest BCUT2D eigenvalue weighted by Crippen LogP contribution is 2.19. The van der Waals surface area contributed by atoms with Gasteiger partial charge in [-0.3, -0.25) is 0 Å². The molecule has 1 aliphatic carbocycles. The molecular formula is C13H10O2. The molecule has 0 spiro atoms. The molecule has 2 aliphatic rings. The van der Waals surface area contributed by atoms with Crippen molar-refractivity contribution in [1.29, 1.82) is 0 Å². The Hall–Kier alpha value is -1.96. The average Bonchev–Trinajstić information content (AvgIpc) is 2.29. The molecule has 74 valence electrons. The molecule has 0 saturated carbocycles. The van der Waals surface area contributed by atoms with E-state index in [0.29, 0.717) is 0 Å². The van der Waals surface area contributed by atoms with E-state index in [1.165, 1.54) is 0 Å². The minimum atomic E-state index is -0.0594. The number of fused-ring (bicyclic) bond motifs is 2. The Kier molecular flexibility index (Phi) is 1.68. The van der Waals surface area contributed by atoms with Crippen LogP contribution in [0.2, 0.25) is 0 Å². The van der Waals surface area contributed by atoms with Crippen molar-refractivity contribution in [2.45, 2.75) is 6.10 Å². The van der Waals surface area contributed by atoms with Gasteiger partial charge in [0.15, 0.2) is 0 Å². The first-order valence-corrected chi connectivity index (χ1v) is 4.88. The predicted octanol–water partition coefficient (Wildman–Crippen LogP) is 0.986. The fraction of sp³-hybridized carbons (Fsp3) is 0.0769. The summed E-state index contributed by atoms with van der Waals surface area (Å²) in [7, 11) is 0. The highest BCUT2D eigenvalue weighted by molar-refractivity contribution is 5.68. The van der Waals surface area contributed by atoms with Gasteiger partial charge in [0.1, 0.15) is 11.9 Å². The molecule has 0 amide bonds. The zero-order chi connectivity index (χ0) is 10.3. The van der Waals surface area contributed by atoms with Crippen molar-refractivity contribution >= 4 is 11.8 Å². The van der Waals surface area contributed by atoms with Crippen LogP contribution in [0.3, 0.4) is 0 Å². The van der Waals surface area contributed by atoms with Gasteiger partial charge in [-0.15, -0.1) is 0 Å². The van der Waals surface area contributed by atoms with Crippen LogP contribution in [0, 0.1) is 0 Å². The third-order valence-corrected chi connectivity index (χ3v) is 2.67. The van der Waals surface area contributed by atoms with E-state index in [1.807, 2.05) is 30.3 Å². The largest absolute Gasteiger partial charge is 0.508 e. The molecule has 0 saturated heterocycles. The lowest BCUT2D eigenvalue weighted by molar-refractivity contribution is 0.272. The minimum absolute atomic E-state index is 0.0594. The van der Waals surface area contributed by atoms with Gasteiger partial charge in [-0.05, 0) is 23.4 Å². The topological polar surface area (TPSA) is 29.5 Å². The summed E-state index contributed by atoms with van der Waals surface area (Å²) >= 11 is 0. The van der Waals surface area contributed by atoms with E-state index < -0.39 is 0 Å². The maximum atomic E-state index is 9.46. The second kappa shape index (κ2) is 3.02. The van der Waals surface area contributed by atoms with Gasteiger partial charge in [0, 0.05) is 10.8 Å². The molecule has 2 nitrogen and oxygen atoms in total. The van der Waals surface area contributed by atoms with Crippen molar-refractivity contribution in [2.75, 3.05) is 0 Å². The zero-order valence-corrected chi connectivity index (χ0v) is 8.05. The molecule has 0 aromatic heterocycles. The van der Waals surface area contributed by atoms with Crippen LogP contribution in [-0.4, -0.2) is 11.2 Å². The highest BCUT2D eigenvalue weighted by Gasteiger charge is 2.17. The summed E-state index contributed by atoms with van der Waals surface area (Å²) in [4.78, 5) is 0. The van der Waals surface area contributed by atoms with E-state index in [4.69, 9.17) is 4.74 Å². The SMILES string of the molecule is OC1=CC2=c3ccccc3=COC2C=C1. The fourth-order valence-corrected chi connectivity index (χ4v) is 1.94. The molecule has 1 aliphatic heterocycles. The van der Waals surface area contributed by atoms with Crippen molar-refractivity contribution in [1.82, 2.24) is 0 Å². The standard InChI is InChI=1S/C13H10O2/c14-10-5-6-13-12(7-10)11-4-2-1-3-9(11)8-15-13/h1-8,13-14H. The number of rotatable bonds is 0. The summed E-state index contributed by atoms with van der Waals surface area (Å²) in [5, 5.41) is 11.6. The van der Waals surface area contributed by atoms with Crippen molar-refractivity contribution in [2.24, 2.45) is 0 Å². The van der Waals surface area contributed by atoms with Crippen LogP contribution in [0.15, 0.2) is 48.3 Å². The molecule has 0 radical (unpaired) electrons. The second-order valence-corrected chi connectivity index (χ2v) is 3.65. The van der Waals surface area contributed by atoms with Gasteiger partial charge in [-0.25, -0.2) is 0 Å². The lowest BCUT2D eigenvalue weighted by atomic mass is 9.98. The lowest BCUT2D eigenvalue weighted by Gasteiger charge is -2.21. The summed E-state index contributed by atoms with van der Waals surface area (Å²) in [6, 6.07) is 8.01. The molecule has 1 heterocycles. The first-order valence-electron chi connectivity index (χ1n) is 4.88. The molecule has 1 aromatic rings. The molecule has 1 atom stereocenters. The van der Waals surface area contributed by atoms with Crippen LogP contribution >= 0.6 is 0 Å². The maximum absolute atomic E-state index is 9.46. The van der Waals surface area contributed by atoms with Crippen LogP contribution in [0.25, 0.3) is 11.8 Å². The van der Waals surface area contributed by atoms with E-state index in [-0.39, 0.29) is 11.9 Å². The quantitative estimate of drug-likeness (QED) is 0.673. The minimum Gasteiger partial charge on any atom is -0.508 e. The molecule has 0 fully saturated rings. The van der Waals surface area contributed by atoms with Gasteiger partial charge in [0.05, 0.1) is 6.26 Å². The van der Waals surface area contributed by atoms with Crippen LogP contribution < -0.4 is 10.4 Å². The van der Waals surface area contributed by atoms with Crippen LogP contribution in [-0.2, 0) is 4.74 Å². The summed E-state index contributed by atoms with van der Waals surface area (Å²) in [6.07, 6.45) is 6.99. The Balaban J connectivity index is 2.38. The summed E-state index contributed by atoms with van der Waals surface area (Å²) in [5.74, 6) is 0.279. The fourth-order valence-electron chi connectivity index (χ4n) is 1.94. The molecule has 15 heavy (non-hydrogen) atoms. The number of ether oxygens (including phenoxy) is 1. The monoisotopic (exact) mass is 198 g/mol. The van der Waals surface area contributed by atoms with Crippen molar-refractivity contribution in [3.05, 3.63) is 58.7 Å². The van der Waals surface area contributed by atoms with Crippen molar-refractivity contribution in [3.8, 4) is 0 Å². The smallest absolute Gasteiger partial charge is 0.142 e. The Bertz CT molecular complexity index is 579. The second-order valence-electron chi connectivity index (χ2n) is 3.65. The van der Waals surface area contributed by atoms with Crippen molar-refractivity contribution in [3.63, 3.8) is 0 Å². The Morgan fingerprint density at radius 1 is 1.20 bits per heavy atom. The average molecular weight is 198 g/mol. The molecular weight excluding hydrogens is 188 g/mol. The van der Waals surface area contributed by atoms with Crippen LogP contribution in [0.5, 0.6) is 0 Å². The number of benzene rings is 1. The summed E-state index contributed by atoms with van der Waals surface area (Å²) in [6.45, 7) is 0. The third kappa shape index (κ3) is 1.26. The Labute approximate surface area is 87.1 Å². The van der Waals surface area contributed by atoms with Crippen LogP contribution in [0.4, 0.5) is 0 Å². The normalized spacial score (nSPS) is 22.0. The van der Waals surface area contributed by atoms with Gasteiger partial charge in [0.25, 0.3) is 0 Å². The van der Waals surface area contributed by atoms with E-state index >= 15 is 0 Å².